The minimum absolute atomic E-state index is 0.486. The van der Waals surface area contributed by atoms with Crippen LogP contribution in [-0.2, 0) is 4.79 Å². The van der Waals surface area contributed by atoms with Gasteiger partial charge in [-0.25, -0.2) is 0 Å². The first-order valence-electron chi connectivity index (χ1n) is 9.01. The Kier molecular flexibility index (Phi) is 18.2. The second-order valence-corrected chi connectivity index (χ2v) is 8.29. The van der Waals surface area contributed by atoms with E-state index in [0.717, 1.165) is 38.6 Å². The van der Waals surface area contributed by atoms with Crippen molar-refractivity contribution in [3.05, 3.63) is 0 Å². The van der Waals surface area contributed by atoms with Crippen molar-refractivity contribution in [3.8, 4) is 0 Å². The maximum absolute atomic E-state index is 10.8. The van der Waals surface area contributed by atoms with Crippen molar-refractivity contribution in [2.45, 2.75) is 110 Å². The summed E-state index contributed by atoms with van der Waals surface area (Å²) in [6, 6.07) is 0. The minimum atomic E-state index is 0.486. The van der Waals surface area contributed by atoms with Gasteiger partial charge in [0.15, 0.2) is 0 Å². The van der Waals surface area contributed by atoms with E-state index in [2.05, 4.69) is 6.92 Å². The molecule has 0 aliphatic rings. The molecule has 0 unspecified atom stereocenters. The van der Waals surface area contributed by atoms with Gasteiger partial charge < -0.3 is 0 Å². The molecule has 0 aromatic heterocycles. The molecule has 0 spiro atoms. The van der Waals surface area contributed by atoms with E-state index in [-0.39, 0.29) is 0 Å². The number of carbonyl (C=O) groups excluding carboxylic acids is 1. The van der Waals surface area contributed by atoms with Crippen LogP contribution in [0.4, 0.5) is 0 Å². The van der Waals surface area contributed by atoms with Gasteiger partial charge in [0.2, 0.25) is 0 Å². The van der Waals surface area contributed by atoms with Crippen molar-refractivity contribution in [1.82, 2.24) is 0 Å². The van der Waals surface area contributed by atoms with Crippen molar-refractivity contribution < 1.29 is 4.79 Å². The fourth-order valence-electron chi connectivity index (χ4n) is 2.66. The van der Waals surface area contributed by atoms with Crippen LogP contribution in [0.5, 0.6) is 0 Å². The van der Waals surface area contributed by atoms with E-state index in [4.69, 9.17) is 0 Å². The van der Waals surface area contributed by atoms with Crippen LogP contribution in [0, 0.1) is 0 Å². The van der Waals surface area contributed by atoms with Crippen LogP contribution in [0.15, 0.2) is 0 Å². The third-order valence-electron chi connectivity index (χ3n) is 4.01. The molecule has 2 heteroatoms. The predicted molar refractivity (Wildman–Crippen MR) is 90.3 cm³/mol. The normalized spacial score (nSPS) is 10.9. The maximum atomic E-state index is 10.8. The summed E-state index contributed by atoms with van der Waals surface area (Å²) in [5, 5.41) is 0. The molecule has 0 fully saturated rings. The quantitative estimate of drug-likeness (QED) is 0.200. The Hall–Kier alpha value is 0.592. The summed E-state index contributed by atoms with van der Waals surface area (Å²) >= 11 is 0.751. The van der Waals surface area contributed by atoms with Crippen LogP contribution in [0.3, 0.4) is 0 Å². The molecule has 0 aromatic carbocycles. The van der Waals surface area contributed by atoms with Gasteiger partial charge >= 0.3 is 105 Å². The van der Waals surface area contributed by atoms with Crippen molar-refractivity contribution in [2.75, 3.05) is 0 Å². The summed E-state index contributed by atoms with van der Waals surface area (Å²) < 4.78 is 0.486. The Balaban J connectivity index is 2.94. The second kappa shape index (κ2) is 17.6. The number of hydrogen-bond acceptors (Lipinski definition) is 1. The van der Waals surface area contributed by atoms with Crippen LogP contribution in [0.2, 0.25) is 0 Å². The summed E-state index contributed by atoms with van der Waals surface area (Å²) in [4.78, 5) is 10.8. The van der Waals surface area contributed by atoms with E-state index >= 15 is 0 Å². The molecule has 0 rings (SSSR count). The van der Waals surface area contributed by atoms with Crippen LogP contribution >= 0.6 is 0 Å². The second-order valence-electron chi connectivity index (χ2n) is 6.12. The van der Waals surface area contributed by atoms with Crippen molar-refractivity contribution in [2.24, 2.45) is 0 Å². The fraction of sp³-hybridized carbons (Fsp3) is 0.944. The topological polar surface area (TPSA) is 17.1 Å². The van der Waals surface area contributed by atoms with Gasteiger partial charge in [0, 0.05) is 0 Å². The molecule has 0 aliphatic heterocycles. The first kappa shape index (κ1) is 20.6. The summed E-state index contributed by atoms with van der Waals surface area (Å²) in [6.07, 6.45) is 21.8. The molecular formula is C18H35OPb. The summed E-state index contributed by atoms with van der Waals surface area (Å²) in [6.45, 7) is 2.28. The van der Waals surface area contributed by atoms with Crippen molar-refractivity contribution >= 4 is 29.1 Å². The van der Waals surface area contributed by atoms with E-state index in [1.807, 2.05) is 0 Å². The number of rotatable bonds is 16. The van der Waals surface area contributed by atoms with Gasteiger partial charge in [-0.3, -0.25) is 0 Å². The number of hydrogen-bond donors (Lipinski definition) is 0. The Morgan fingerprint density at radius 1 is 0.600 bits per heavy atom. The Morgan fingerprint density at radius 2 is 0.900 bits per heavy atom. The average Bonchev–Trinajstić information content (AvgIpc) is 2.43. The molecule has 0 saturated heterocycles. The third-order valence-corrected chi connectivity index (χ3v) is 4.98. The van der Waals surface area contributed by atoms with Gasteiger partial charge in [-0.05, 0) is 0 Å². The van der Waals surface area contributed by atoms with Gasteiger partial charge in [0.05, 0.1) is 0 Å². The van der Waals surface area contributed by atoms with Crippen LogP contribution in [0.25, 0.3) is 0 Å². The zero-order valence-electron chi connectivity index (χ0n) is 13.7. The van der Waals surface area contributed by atoms with Crippen molar-refractivity contribution in [1.29, 1.82) is 0 Å². The van der Waals surface area contributed by atoms with Gasteiger partial charge in [0.25, 0.3) is 0 Å². The number of carbonyl (C=O) groups is 1. The summed E-state index contributed by atoms with van der Waals surface area (Å²) in [7, 11) is 0. The van der Waals surface area contributed by atoms with E-state index in [1.54, 1.807) is 0 Å². The van der Waals surface area contributed by atoms with Crippen LogP contribution in [-0.4, -0.2) is 29.1 Å². The standard InChI is InChI=1S/C18H35O.Pb/c1-2-3-4-5-6-7-8-9-10-11-12-13-14-15-16-17-18-19;/h2-17H2,1H3;. The molecule has 0 heterocycles. The Morgan fingerprint density at radius 3 is 1.20 bits per heavy atom. The SMILES string of the molecule is CCCCCCCCCCCCCCCCC[C](=O)[Pb]. The van der Waals surface area contributed by atoms with Crippen LogP contribution in [0.1, 0.15) is 110 Å². The van der Waals surface area contributed by atoms with Gasteiger partial charge in [-0.15, -0.1) is 0 Å². The monoisotopic (exact) mass is 475 g/mol. The zero-order valence-corrected chi connectivity index (χ0v) is 17.6. The van der Waals surface area contributed by atoms with E-state index in [9.17, 15) is 4.79 Å². The van der Waals surface area contributed by atoms with Crippen LogP contribution < -0.4 is 0 Å². The number of unbranched alkanes of at least 4 members (excludes halogenated alkanes) is 14. The molecule has 0 atom stereocenters. The molecule has 0 saturated carbocycles. The molecule has 20 heavy (non-hydrogen) atoms. The Bertz CT molecular complexity index is 204. The molecule has 0 aliphatic carbocycles. The first-order valence-corrected chi connectivity index (χ1v) is 11.0. The Labute approximate surface area is 143 Å². The van der Waals surface area contributed by atoms with Gasteiger partial charge in [0.1, 0.15) is 0 Å². The average molecular weight is 475 g/mol. The summed E-state index contributed by atoms with van der Waals surface area (Å²) in [5.74, 6) is 0. The molecule has 1 nitrogen and oxygen atoms in total. The fourth-order valence-corrected chi connectivity index (χ4v) is 3.34. The van der Waals surface area contributed by atoms with Crippen molar-refractivity contribution in [3.63, 3.8) is 0 Å². The molecule has 3 radical (unpaired) electrons. The van der Waals surface area contributed by atoms with E-state index in [1.165, 1.54) is 89.9 Å². The van der Waals surface area contributed by atoms with Gasteiger partial charge in [-0.1, -0.05) is 39.0 Å². The summed E-state index contributed by atoms with van der Waals surface area (Å²) in [5.41, 5.74) is 0. The molecule has 0 aromatic rings. The van der Waals surface area contributed by atoms with E-state index in [0.29, 0.717) is 3.34 Å². The third kappa shape index (κ3) is 18.6. The van der Waals surface area contributed by atoms with Gasteiger partial charge in [-0.2, -0.15) is 0 Å². The predicted octanol–water partition coefficient (Wildman–Crippen LogP) is 5.94. The molecule has 117 valence electrons. The molecule has 0 N–H and O–H groups in total. The molecular weight excluding hydrogens is 439 g/mol. The van der Waals surface area contributed by atoms with E-state index < -0.39 is 0 Å². The molecule has 0 bridgehead atoms. The molecule has 0 amide bonds. The zero-order chi connectivity index (χ0) is 14.9. The first-order chi connectivity index (χ1) is 9.77.